The Labute approximate surface area is 206 Å². The lowest BCUT2D eigenvalue weighted by Gasteiger charge is -2.25. The van der Waals surface area contributed by atoms with Crippen LogP contribution in [0.5, 0.6) is 0 Å². The van der Waals surface area contributed by atoms with Crippen LogP contribution in [0.4, 0.5) is 5.69 Å². The summed E-state index contributed by atoms with van der Waals surface area (Å²) in [5.41, 5.74) is 10.8. The third-order valence-electron chi connectivity index (χ3n) is 5.72. The molecule has 2 atom stereocenters. The molecule has 0 saturated heterocycles. The average Bonchev–Trinajstić information content (AvgIpc) is 2.82. The van der Waals surface area contributed by atoms with Crippen molar-refractivity contribution < 1.29 is 9.59 Å². The summed E-state index contributed by atoms with van der Waals surface area (Å²) >= 11 is 0. The second-order valence-corrected chi connectivity index (χ2v) is 7.81. The molecule has 6 nitrogen and oxygen atoms in total. The molecule has 0 spiro atoms. The Morgan fingerprint density at radius 3 is 2.42 bits per heavy atom. The Morgan fingerprint density at radius 1 is 1.00 bits per heavy atom. The molecule has 1 aromatic heterocycles. The maximum Gasteiger partial charge on any atom is 0.255 e. The molecule has 1 heterocycles. The van der Waals surface area contributed by atoms with Gasteiger partial charge in [-0.25, -0.2) is 0 Å². The van der Waals surface area contributed by atoms with Gasteiger partial charge in [0.2, 0.25) is 5.91 Å². The highest BCUT2D eigenvalue weighted by Gasteiger charge is 2.26. The number of pyridine rings is 1. The van der Waals surface area contributed by atoms with Gasteiger partial charge in [0.05, 0.1) is 5.92 Å². The summed E-state index contributed by atoms with van der Waals surface area (Å²) in [6.45, 7) is 0.347. The highest BCUT2D eigenvalue weighted by Crippen LogP contribution is 2.31. The van der Waals surface area contributed by atoms with E-state index in [1.54, 1.807) is 36.7 Å². The Morgan fingerprint density at radius 2 is 1.70 bits per heavy atom. The van der Waals surface area contributed by atoms with E-state index in [4.69, 9.17) is 5.73 Å². The number of aromatic nitrogens is 1. The number of carbonyl (C=O) groups excluding carboxylic acids is 2. The number of fused-ring (bicyclic) bond motifs is 1. The first-order valence-electron chi connectivity index (χ1n) is 10.5. The molecule has 8 heteroatoms. The maximum absolute atomic E-state index is 12.8. The summed E-state index contributed by atoms with van der Waals surface area (Å²) in [5.74, 6) is -0.289. The van der Waals surface area contributed by atoms with Crippen LogP contribution in [0.3, 0.4) is 0 Å². The molecule has 2 aromatic carbocycles. The van der Waals surface area contributed by atoms with Gasteiger partial charge in [-0.1, -0.05) is 36.4 Å². The summed E-state index contributed by atoms with van der Waals surface area (Å²) in [4.78, 5) is 29.1. The van der Waals surface area contributed by atoms with Gasteiger partial charge >= 0.3 is 0 Å². The largest absolute Gasteiger partial charge is 0.354 e. The Hall–Kier alpha value is -2.93. The van der Waals surface area contributed by atoms with Crippen molar-refractivity contribution in [2.24, 2.45) is 5.73 Å². The van der Waals surface area contributed by atoms with Crippen molar-refractivity contribution in [1.29, 1.82) is 0 Å². The van der Waals surface area contributed by atoms with E-state index in [0.29, 0.717) is 17.8 Å². The monoisotopic (exact) mass is 486 g/mol. The summed E-state index contributed by atoms with van der Waals surface area (Å²) in [6.07, 6.45) is 6.15. The second kappa shape index (κ2) is 12.3. The van der Waals surface area contributed by atoms with E-state index in [2.05, 4.69) is 21.7 Å². The standard InChI is InChI=1S/C25H26N4O2.2ClH/c26-23(16-28-25(31)22-7-3-5-17-4-1-2-6-21(17)22)18-8-10-19(11-9-18)24(30)29-20-12-14-27-15-13-20;;/h1-2,4,6,8-15,22-23H,3,5,7,16,26H2,(H,28,31)(H,27,29,30);2*1H/t22-,23+;;/m1../s1. The number of aryl methyl sites for hydroxylation is 1. The van der Waals surface area contributed by atoms with Gasteiger partial charge in [0.25, 0.3) is 5.91 Å². The van der Waals surface area contributed by atoms with Gasteiger partial charge < -0.3 is 16.4 Å². The molecule has 0 saturated carbocycles. The first kappa shape index (κ1) is 26.3. The van der Waals surface area contributed by atoms with E-state index in [1.807, 2.05) is 30.3 Å². The quantitative estimate of drug-likeness (QED) is 0.480. The number of rotatable bonds is 6. The summed E-state index contributed by atoms with van der Waals surface area (Å²) in [5, 5.41) is 5.84. The van der Waals surface area contributed by atoms with E-state index in [9.17, 15) is 9.59 Å². The minimum Gasteiger partial charge on any atom is -0.354 e. The van der Waals surface area contributed by atoms with Crippen molar-refractivity contribution in [1.82, 2.24) is 10.3 Å². The van der Waals surface area contributed by atoms with Crippen molar-refractivity contribution in [2.45, 2.75) is 31.2 Å². The van der Waals surface area contributed by atoms with Crippen LogP contribution in [-0.2, 0) is 11.2 Å². The maximum atomic E-state index is 12.8. The van der Waals surface area contributed by atoms with Crippen molar-refractivity contribution >= 4 is 42.3 Å². The van der Waals surface area contributed by atoms with E-state index in [0.717, 1.165) is 30.4 Å². The lowest BCUT2D eigenvalue weighted by molar-refractivity contribution is -0.122. The Bertz CT molecular complexity index is 1060. The number of nitrogens with two attached hydrogens (primary N) is 1. The third kappa shape index (κ3) is 6.54. The molecule has 174 valence electrons. The van der Waals surface area contributed by atoms with E-state index < -0.39 is 0 Å². The zero-order valence-electron chi connectivity index (χ0n) is 18.1. The molecule has 1 aliphatic rings. The van der Waals surface area contributed by atoms with Crippen LogP contribution in [0.25, 0.3) is 0 Å². The minimum atomic E-state index is -0.347. The van der Waals surface area contributed by atoms with Gasteiger partial charge in [-0.3, -0.25) is 14.6 Å². The van der Waals surface area contributed by atoms with Gasteiger partial charge in [-0.05, 0) is 60.2 Å². The molecule has 3 aromatic rings. The fraction of sp³-hybridized carbons (Fsp3) is 0.240. The second-order valence-electron chi connectivity index (χ2n) is 7.81. The van der Waals surface area contributed by atoms with Crippen LogP contribution < -0.4 is 16.4 Å². The van der Waals surface area contributed by atoms with Gasteiger partial charge in [-0.15, -0.1) is 24.8 Å². The first-order valence-corrected chi connectivity index (χ1v) is 10.5. The van der Waals surface area contributed by atoms with Crippen LogP contribution in [0.15, 0.2) is 73.1 Å². The molecule has 4 rings (SSSR count). The molecular weight excluding hydrogens is 459 g/mol. The third-order valence-corrected chi connectivity index (χ3v) is 5.72. The normalized spacial score (nSPS) is 15.1. The predicted octanol–water partition coefficient (Wildman–Crippen LogP) is 4.41. The Kier molecular flexibility index (Phi) is 9.85. The van der Waals surface area contributed by atoms with E-state index in [-0.39, 0.29) is 48.6 Å². The van der Waals surface area contributed by atoms with Crippen LogP contribution in [0, 0.1) is 0 Å². The number of carbonyl (C=O) groups is 2. The lowest BCUT2D eigenvalue weighted by Crippen LogP contribution is -2.36. The molecular formula is C25H28Cl2N4O2. The predicted molar refractivity (Wildman–Crippen MR) is 135 cm³/mol. The molecule has 1 aliphatic carbocycles. The number of nitrogens with zero attached hydrogens (tertiary/aromatic N) is 1. The van der Waals surface area contributed by atoms with Crippen molar-refractivity contribution in [3.8, 4) is 0 Å². The van der Waals surface area contributed by atoms with Crippen molar-refractivity contribution in [2.75, 3.05) is 11.9 Å². The number of nitrogens with one attached hydrogen (secondary N) is 2. The highest BCUT2D eigenvalue weighted by atomic mass is 35.5. The molecule has 4 N–H and O–H groups in total. The number of anilines is 1. The first-order chi connectivity index (χ1) is 15.1. The zero-order valence-corrected chi connectivity index (χ0v) is 19.7. The molecule has 0 radical (unpaired) electrons. The summed E-state index contributed by atoms with van der Waals surface area (Å²) < 4.78 is 0. The fourth-order valence-electron chi connectivity index (χ4n) is 4.00. The smallest absolute Gasteiger partial charge is 0.255 e. The Balaban J connectivity index is 0.00000193. The van der Waals surface area contributed by atoms with Gasteiger partial charge in [0.15, 0.2) is 0 Å². The fourth-order valence-corrected chi connectivity index (χ4v) is 4.00. The number of hydrogen-bond acceptors (Lipinski definition) is 4. The number of amides is 2. The van der Waals surface area contributed by atoms with E-state index in [1.165, 1.54) is 5.56 Å². The van der Waals surface area contributed by atoms with Gasteiger partial charge in [0.1, 0.15) is 0 Å². The van der Waals surface area contributed by atoms with Crippen LogP contribution >= 0.6 is 24.8 Å². The molecule has 0 bridgehead atoms. The number of halogens is 2. The lowest BCUT2D eigenvalue weighted by atomic mass is 9.82. The summed E-state index contributed by atoms with van der Waals surface area (Å²) in [7, 11) is 0. The molecule has 2 amide bonds. The van der Waals surface area contributed by atoms with Crippen LogP contribution in [0.2, 0.25) is 0 Å². The number of benzene rings is 2. The molecule has 33 heavy (non-hydrogen) atoms. The van der Waals surface area contributed by atoms with Crippen molar-refractivity contribution in [3.05, 3.63) is 95.3 Å². The highest BCUT2D eigenvalue weighted by molar-refractivity contribution is 6.04. The minimum absolute atomic E-state index is 0. The molecule has 0 aliphatic heterocycles. The topological polar surface area (TPSA) is 97.1 Å². The van der Waals surface area contributed by atoms with Crippen LogP contribution in [0.1, 0.15) is 51.8 Å². The van der Waals surface area contributed by atoms with Crippen LogP contribution in [-0.4, -0.2) is 23.3 Å². The van der Waals surface area contributed by atoms with E-state index >= 15 is 0 Å². The van der Waals surface area contributed by atoms with Gasteiger partial charge in [0, 0.05) is 36.2 Å². The molecule has 0 unspecified atom stereocenters. The van der Waals surface area contributed by atoms with Gasteiger partial charge in [-0.2, -0.15) is 0 Å². The molecule has 0 fully saturated rings. The summed E-state index contributed by atoms with van der Waals surface area (Å²) in [6, 6.07) is 18.4. The SMILES string of the molecule is Cl.Cl.N[C@@H](CNC(=O)[C@@H]1CCCc2ccccc21)c1ccc(C(=O)Nc2ccncc2)cc1. The van der Waals surface area contributed by atoms with Crippen molar-refractivity contribution in [3.63, 3.8) is 0 Å². The average molecular weight is 487 g/mol. The zero-order chi connectivity index (χ0) is 21.6. The number of hydrogen-bond donors (Lipinski definition) is 3.